The van der Waals surface area contributed by atoms with Crippen LogP contribution in [0.25, 0.3) is 22.2 Å². The van der Waals surface area contributed by atoms with E-state index in [1.165, 1.54) is 6.07 Å². The number of hydrogen-bond donors (Lipinski definition) is 2. The molecule has 6 heteroatoms. The quantitative estimate of drug-likeness (QED) is 0.601. The van der Waals surface area contributed by atoms with Crippen LogP contribution in [0.2, 0.25) is 5.02 Å². The normalized spacial score (nSPS) is 11.2. The average molecular weight is 365 g/mol. The maximum Gasteiger partial charge on any atom is 0.150 e. The number of hydrogen-bond acceptors (Lipinski definition) is 2. The molecule has 3 nitrogen and oxygen atoms in total. The summed E-state index contributed by atoms with van der Waals surface area (Å²) in [5.74, 6) is -0.618. The van der Waals surface area contributed by atoms with Gasteiger partial charge < -0.3 is 15.5 Å². The number of aryl methyl sites for hydroxylation is 1. The number of unbranched alkanes of at least 4 members (excludes halogenated alkanes) is 1. The van der Waals surface area contributed by atoms with Gasteiger partial charge in [0.15, 0.2) is 0 Å². The molecule has 0 spiro atoms. The topological polar surface area (TPSA) is 51.0 Å². The number of aromatic nitrogens is 1. The molecule has 25 heavy (non-hydrogen) atoms. The van der Waals surface area contributed by atoms with Gasteiger partial charge in [-0.1, -0.05) is 11.6 Å². The van der Waals surface area contributed by atoms with Gasteiger partial charge >= 0.3 is 0 Å². The van der Waals surface area contributed by atoms with Gasteiger partial charge in [-0.3, -0.25) is 0 Å². The molecule has 132 valence electrons. The largest absolute Gasteiger partial charge is 0.496 e. The second-order valence-electron chi connectivity index (χ2n) is 5.88. The lowest BCUT2D eigenvalue weighted by atomic mass is 9.99. The van der Waals surface area contributed by atoms with E-state index in [1.807, 2.05) is 0 Å². The predicted octanol–water partition coefficient (Wildman–Crippen LogP) is 5.06. The molecule has 1 aromatic heterocycles. The highest BCUT2D eigenvalue weighted by atomic mass is 35.5. The first-order chi connectivity index (χ1) is 12.0. The highest BCUT2D eigenvalue weighted by Crippen LogP contribution is 2.38. The van der Waals surface area contributed by atoms with Crippen LogP contribution in [0, 0.1) is 11.6 Å². The molecule has 0 saturated heterocycles. The smallest absolute Gasteiger partial charge is 0.150 e. The molecule has 0 radical (unpaired) electrons. The minimum Gasteiger partial charge on any atom is -0.496 e. The number of halogens is 3. The summed E-state index contributed by atoms with van der Waals surface area (Å²) in [5.41, 5.74) is 8.10. The van der Waals surface area contributed by atoms with Crippen molar-refractivity contribution in [2.24, 2.45) is 5.73 Å². The predicted molar refractivity (Wildman–Crippen MR) is 97.2 cm³/mol. The van der Waals surface area contributed by atoms with Crippen LogP contribution in [0.3, 0.4) is 0 Å². The Kier molecular flexibility index (Phi) is 5.25. The van der Waals surface area contributed by atoms with Gasteiger partial charge in [0.1, 0.15) is 17.4 Å². The Hall–Kier alpha value is -2.11. The fourth-order valence-electron chi connectivity index (χ4n) is 3.09. The first-order valence-corrected chi connectivity index (χ1v) is 8.46. The molecular formula is C19H19ClF2N2O. The third-order valence-corrected chi connectivity index (χ3v) is 4.48. The highest BCUT2D eigenvalue weighted by Gasteiger charge is 2.19. The fraction of sp³-hybridized carbons (Fsp3) is 0.263. The minimum absolute atomic E-state index is 0.279. The van der Waals surface area contributed by atoms with Gasteiger partial charge in [-0.05, 0) is 55.6 Å². The molecule has 2 aromatic carbocycles. The molecule has 3 rings (SSSR count). The Morgan fingerprint density at radius 3 is 2.68 bits per heavy atom. The van der Waals surface area contributed by atoms with E-state index < -0.39 is 11.6 Å². The molecule has 0 unspecified atom stereocenters. The maximum atomic E-state index is 14.3. The van der Waals surface area contributed by atoms with Crippen molar-refractivity contribution in [3.8, 4) is 17.0 Å². The van der Waals surface area contributed by atoms with Crippen LogP contribution in [0.15, 0.2) is 30.3 Å². The summed E-state index contributed by atoms with van der Waals surface area (Å²) < 4.78 is 33.4. The molecule has 0 saturated carbocycles. The van der Waals surface area contributed by atoms with Gasteiger partial charge in [0.25, 0.3) is 0 Å². The van der Waals surface area contributed by atoms with Crippen LogP contribution >= 0.6 is 11.6 Å². The lowest BCUT2D eigenvalue weighted by Crippen LogP contribution is -1.99. The number of nitrogens with two attached hydrogens (primary N) is 1. The monoisotopic (exact) mass is 364 g/mol. The zero-order valence-corrected chi connectivity index (χ0v) is 14.6. The minimum atomic E-state index is -0.623. The zero-order valence-electron chi connectivity index (χ0n) is 13.8. The molecule has 0 aliphatic carbocycles. The molecule has 3 aromatic rings. The summed E-state index contributed by atoms with van der Waals surface area (Å²) >= 11 is 6.14. The summed E-state index contributed by atoms with van der Waals surface area (Å²) in [6.45, 7) is 0.570. The summed E-state index contributed by atoms with van der Waals surface area (Å²) in [6.07, 6.45) is 2.29. The number of aromatic amines is 1. The van der Waals surface area contributed by atoms with Crippen LogP contribution in [0.5, 0.6) is 5.75 Å². The van der Waals surface area contributed by atoms with Gasteiger partial charge in [0.2, 0.25) is 0 Å². The van der Waals surface area contributed by atoms with E-state index in [-0.39, 0.29) is 5.52 Å². The lowest BCUT2D eigenvalue weighted by molar-refractivity contribution is 0.416. The second-order valence-corrected chi connectivity index (χ2v) is 6.32. The van der Waals surface area contributed by atoms with Gasteiger partial charge in [-0.15, -0.1) is 0 Å². The van der Waals surface area contributed by atoms with E-state index in [0.29, 0.717) is 40.4 Å². The second kappa shape index (κ2) is 7.42. The molecular weight excluding hydrogens is 346 g/mol. The average Bonchev–Trinajstić information content (AvgIpc) is 2.94. The summed E-state index contributed by atoms with van der Waals surface area (Å²) in [5, 5.41) is 1.07. The molecule has 0 atom stereocenters. The van der Waals surface area contributed by atoms with Crippen LogP contribution in [-0.2, 0) is 6.42 Å². The Morgan fingerprint density at radius 1 is 1.16 bits per heavy atom. The van der Waals surface area contributed by atoms with Crippen molar-refractivity contribution in [1.82, 2.24) is 4.98 Å². The molecule has 0 amide bonds. The fourth-order valence-corrected chi connectivity index (χ4v) is 3.26. The molecule has 3 N–H and O–H groups in total. The van der Waals surface area contributed by atoms with Gasteiger partial charge in [-0.25, -0.2) is 8.78 Å². The van der Waals surface area contributed by atoms with Crippen molar-refractivity contribution in [2.45, 2.75) is 19.3 Å². The maximum absolute atomic E-state index is 14.3. The number of nitrogens with one attached hydrogen (secondary N) is 1. The number of fused-ring (bicyclic) bond motifs is 1. The van der Waals surface area contributed by atoms with E-state index in [0.717, 1.165) is 24.5 Å². The first kappa shape index (κ1) is 17.7. The number of methoxy groups -OCH3 is 1. The van der Waals surface area contributed by atoms with Crippen molar-refractivity contribution >= 4 is 22.5 Å². The van der Waals surface area contributed by atoms with E-state index in [2.05, 4.69) is 4.98 Å². The molecule has 0 bridgehead atoms. The number of rotatable bonds is 6. The molecule has 0 aliphatic heterocycles. The number of benzene rings is 2. The van der Waals surface area contributed by atoms with Gasteiger partial charge in [-0.2, -0.15) is 0 Å². The number of ether oxygens (including phenoxy) is 1. The summed E-state index contributed by atoms with van der Waals surface area (Å²) in [7, 11) is 1.56. The van der Waals surface area contributed by atoms with Crippen LogP contribution in [0.1, 0.15) is 18.4 Å². The van der Waals surface area contributed by atoms with Crippen molar-refractivity contribution < 1.29 is 13.5 Å². The van der Waals surface area contributed by atoms with Crippen molar-refractivity contribution in [2.75, 3.05) is 13.7 Å². The summed E-state index contributed by atoms with van der Waals surface area (Å²) in [6, 6.07) is 7.46. The van der Waals surface area contributed by atoms with Crippen molar-refractivity contribution in [3.05, 3.63) is 52.6 Å². The van der Waals surface area contributed by atoms with Crippen molar-refractivity contribution in [3.63, 3.8) is 0 Å². The van der Waals surface area contributed by atoms with Crippen LogP contribution < -0.4 is 10.5 Å². The Bertz CT molecular complexity index is 908. The lowest BCUT2D eigenvalue weighted by Gasteiger charge is -2.10. The van der Waals surface area contributed by atoms with Crippen LogP contribution in [-0.4, -0.2) is 18.6 Å². The van der Waals surface area contributed by atoms with E-state index >= 15 is 0 Å². The standard InChI is InChI=1S/C19H19ClF2N2O/c1-25-17-6-5-11(20)8-15(17)18-13(4-2-3-7-23)14-9-12(21)10-16(22)19(14)24-18/h5-6,8-10,24H,2-4,7,23H2,1H3. The Morgan fingerprint density at radius 2 is 1.96 bits per heavy atom. The Balaban J connectivity index is 2.25. The third kappa shape index (κ3) is 3.48. The zero-order chi connectivity index (χ0) is 18.0. The molecule has 0 aliphatic rings. The first-order valence-electron chi connectivity index (χ1n) is 8.08. The van der Waals surface area contributed by atoms with Gasteiger partial charge in [0.05, 0.1) is 18.3 Å². The SMILES string of the molecule is COc1ccc(Cl)cc1-c1[nH]c2c(F)cc(F)cc2c1CCCCN. The Labute approximate surface area is 149 Å². The summed E-state index contributed by atoms with van der Waals surface area (Å²) in [4.78, 5) is 3.09. The highest BCUT2D eigenvalue weighted by molar-refractivity contribution is 6.31. The van der Waals surface area contributed by atoms with Crippen molar-refractivity contribution in [1.29, 1.82) is 0 Å². The number of H-pyrrole nitrogens is 1. The van der Waals surface area contributed by atoms with E-state index in [1.54, 1.807) is 25.3 Å². The van der Waals surface area contributed by atoms with E-state index in [9.17, 15) is 8.78 Å². The van der Waals surface area contributed by atoms with E-state index in [4.69, 9.17) is 22.1 Å². The third-order valence-electron chi connectivity index (χ3n) is 4.24. The van der Waals surface area contributed by atoms with Gasteiger partial charge in [0, 0.05) is 22.0 Å². The molecule has 0 fully saturated rings. The molecule has 1 heterocycles. The van der Waals surface area contributed by atoms with Crippen LogP contribution in [0.4, 0.5) is 8.78 Å².